The molecule has 2 nitrogen and oxygen atoms in total. The average Bonchev–Trinajstić information content (AvgIpc) is 2.87. The Morgan fingerprint density at radius 3 is 2.81 bits per heavy atom. The molecule has 1 aromatic rings. The van der Waals surface area contributed by atoms with Crippen molar-refractivity contribution in [3.8, 4) is 0 Å². The molecule has 0 spiro atoms. The van der Waals surface area contributed by atoms with Crippen LogP contribution in [0.15, 0.2) is 22.0 Å². The summed E-state index contributed by atoms with van der Waals surface area (Å²) >= 11 is 5.02. The predicted molar refractivity (Wildman–Crippen MR) is 71.5 cm³/mol. The molecule has 86 valence electrons. The molecule has 1 aromatic heterocycles. The molecule has 0 atom stereocenters. The van der Waals surface area contributed by atoms with E-state index in [2.05, 4.69) is 21.2 Å². The van der Waals surface area contributed by atoms with Crippen LogP contribution in [0.2, 0.25) is 0 Å². The first-order valence-corrected chi connectivity index (χ1v) is 7.09. The second kappa shape index (κ2) is 5.64. The van der Waals surface area contributed by atoms with Gasteiger partial charge < -0.3 is 5.32 Å². The van der Waals surface area contributed by atoms with Crippen molar-refractivity contribution in [2.75, 3.05) is 0 Å². The van der Waals surface area contributed by atoms with Crippen LogP contribution in [0.25, 0.3) is 6.08 Å². The van der Waals surface area contributed by atoms with E-state index in [1.165, 1.54) is 12.8 Å². The van der Waals surface area contributed by atoms with E-state index in [-0.39, 0.29) is 5.91 Å². The van der Waals surface area contributed by atoms with Crippen LogP contribution in [0.4, 0.5) is 0 Å². The third-order valence-electron chi connectivity index (χ3n) is 2.69. The van der Waals surface area contributed by atoms with Crippen LogP contribution in [-0.2, 0) is 4.79 Å². The molecule has 0 unspecified atom stereocenters. The van der Waals surface area contributed by atoms with Crippen molar-refractivity contribution in [1.82, 2.24) is 5.32 Å². The Bertz CT molecular complexity index is 393. The fourth-order valence-corrected chi connectivity index (χ4v) is 3.22. The van der Waals surface area contributed by atoms with E-state index in [1.54, 1.807) is 17.4 Å². The summed E-state index contributed by atoms with van der Waals surface area (Å²) in [6.07, 6.45) is 8.23. The van der Waals surface area contributed by atoms with Gasteiger partial charge in [0, 0.05) is 17.0 Å². The zero-order valence-corrected chi connectivity index (χ0v) is 11.3. The smallest absolute Gasteiger partial charge is 0.244 e. The van der Waals surface area contributed by atoms with E-state index >= 15 is 0 Å². The maximum atomic E-state index is 11.6. The summed E-state index contributed by atoms with van der Waals surface area (Å²) in [7, 11) is 0. The molecule has 1 fully saturated rings. The second-order valence-electron chi connectivity index (χ2n) is 3.97. The van der Waals surface area contributed by atoms with E-state index in [1.807, 2.05) is 18.2 Å². The first-order valence-electron chi connectivity index (χ1n) is 5.48. The van der Waals surface area contributed by atoms with E-state index in [4.69, 9.17) is 0 Å². The van der Waals surface area contributed by atoms with Crippen molar-refractivity contribution in [2.24, 2.45) is 0 Å². The zero-order chi connectivity index (χ0) is 11.4. The Morgan fingerprint density at radius 1 is 1.44 bits per heavy atom. The van der Waals surface area contributed by atoms with Gasteiger partial charge in [0.05, 0.1) is 3.79 Å². The number of rotatable bonds is 3. The van der Waals surface area contributed by atoms with Crippen molar-refractivity contribution in [2.45, 2.75) is 31.7 Å². The minimum absolute atomic E-state index is 0.0245. The fourth-order valence-electron chi connectivity index (χ4n) is 1.90. The standard InChI is InChI=1S/C12H14BrNOS/c13-11-7-5-10(16-11)6-8-12(15)14-9-3-1-2-4-9/h5-9H,1-4H2,(H,14,15). The summed E-state index contributed by atoms with van der Waals surface area (Å²) in [4.78, 5) is 12.7. The Hall–Kier alpha value is -0.610. The lowest BCUT2D eigenvalue weighted by molar-refractivity contribution is -0.117. The Balaban J connectivity index is 1.84. The van der Waals surface area contributed by atoms with Gasteiger partial charge in [-0.05, 0) is 47.0 Å². The molecule has 1 amide bonds. The van der Waals surface area contributed by atoms with Crippen molar-refractivity contribution >= 4 is 39.2 Å². The van der Waals surface area contributed by atoms with Crippen LogP contribution >= 0.6 is 27.3 Å². The van der Waals surface area contributed by atoms with Gasteiger partial charge in [0.1, 0.15) is 0 Å². The van der Waals surface area contributed by atoms with Crippen LogP contribution in [0.3, 0.4) is 0 Å². The fraction of sp³-hybridized carbons (Fsp3) is 0.417. The van der Waals surface area contributed by atoms with Gasteiger partial charge in [0.2, 0.25) is 5.91 Å². The molecule has 0 bridgehead atoms. The van der Waals surface area contributed by atoms with E-state index in [0.717, 1.165) is 21.5 Å². The van der Waals surface area contributed by atoms with Crippen molar-refractivity contribution in [3.63, 3.8) is 0 Å². The SMILES string of the molecule is O=C(C=Cc1ccc(Br)s1)NC1CCCC1. The van der Waals surface area contributed by atoms with Gasteiger partial charge in [-0.1, -0.05) is 12.8 Å². The van der Waals surface area contributed by atoms with Crippen LogP contribution in [0.5, 0.6) is 0 Å². The molecule has 1 heterocycles. The molecule has 1 aliphatic rings. The molecule has 1 N–H and O–H groups in total. The van der Waals surface area contributed by atoms with Crippen LogP contribution in [-0.4, -0.2) is 11.9 Å². The van der Waals surface area contributed by atoms with Gasteiger partial charge in [0.15, 0.2) is 0 Å². The number of hydrogen-bond acceptors (Lipinski definition) is 2. The van der Waals surface area contributed by atoms with Crippen molar-refractivity contribution < 1.29 is 4.79 Å². The van der Waals surface area contributed by atoms with Crippen molar-refractivity contribution in [3.05, 3.63) is 26.9 Å². The average molecular weight is 300 g/mol. The van der Waals surface area contributed by atoms with Gasteiger partial charge in [-0.25, -0.2) is 0 Å². The third-order valence-corrected chi connectivity index (χ3v) is 4.28. The molecule has 0 radical (unpaired) electrons. The molecule has 0 aromatic carbocycles. The molecular weight excluding hydrogens is 286 g/mol. The highest BCUT2D eigenvalue weighted by atomic mass is 79.9. The molecule has 1 aliphatic carbocycles. The predicted octanol–water partition coefficient (Wildman–Crippen LogP) is 3.58. The topological polar surface area (TPSA) is 29.1 Å². The Kier molecular flexibility index (Phi) is 4.18. The zero-order valence-electron chi connectivity index (χ0n) is 8.91. The molecular formula is C12H14BrNOS. The van der Waals surface area contributed by atoms with Gasteiger partial charge in [-0.2, -0.15) is 0 Å². The lowest BCUT2D eigenvalue weighted by atomic mass is 10.2. The van der Waals surface area contributed by atoms with Crippen molar-refractivity contribution in [1.29, 1.82) is 0 Å². The van der Waals surface area contributed by atoms with Crippen LogP contribution in [0.1, 0.15) is 30.6 Å². The minimum atomic E-state index is 0.0245. The molecule has 0 aliphatic heterocycles. The summed E-state index contributed by atoms with van der Waals surface area (Å²) in [6, 6.07) is 4.38. The maximum Gasteiger partial charge on any atom is 0.244 e. The number of amides is 1. The lowest BCUT2D eigenvalue weighted by Gasteiger charge is -2.08. The van der Waals surface area contributed by atoms with Gasteiger partial charge >= 0.3 is 0 Å². The molecule has 2 rings (SSSR count). The molecule has 1 saturated carbocycles. The first-order chi connectivity index (χ1) is 7.74. The van der Waals surface area contributed by atoms with E-state index in [9.17, 15) is 4.79 Å². The summed E-state index contributed by atoms with van der Waals surface area (Å²) in [5.41, 5.74) is 0. The number of hydrogen-bond donors (Lipinski definition) is 1. The van der Waals surface area contributed by atoms with E-state index < -0.39 is 0 Å². The largest absolute Gasteiger partial charge is 0.350 e. The highest BCUT2D eigenvalue weighted by molar-refractivity contribution is 9.11. The Labute approximate surface area is 108 Å². The Morgan fingerprint density at radius 2 is 2.19 bits per heavy atom. The number of carbonyl (C=O) groups excluding carboxylic acids is 1. The summed E-state index contributed by atoms with van der Waals surface area (Å²) in [5.74, 6) is 0.0245. The summed E-state index contributed by atoms with van der Waals surface area (Å²) in [6.45, 7) is 0. The number of carbonyl (C=O) groups is 1. The lowest BCUT2D eigenvalue weighted by Crippen LogP contribution is -2.30. The monoisotopic (exact) mass is 299 g/mol. The second-order valence-corrected chi connectivity index (χ2v) is 6.46. The van der Waals surface area contributed by atoms with Gasteiger partial charge in [0.25, 0.3) is 0 Å². The maximum absolute atomic E-state index is 11.6. The molecule has 4 heteroatoms. The van der Waals surface area contributed by atoms with E-state index in [0.29, 0.717) is 6.04 Å². The molecule has 16 heavy (non-hydrogen) atoms. The van der Waals surface area contributed by atoms with Gasteiger partial charge in [-0.15, -0.1) is 11.3 Å². The first kappa shape index (κ1) is 11.9. The highest BCUT2D eigenvalue weighted by Gasteiger charge is 2.15. The van der Waals surface area contributed by atoms with Crippen LogP contribution < -0.4 is 5.32 Å². The number of thiophene rings is 1. The summed E-state index contributed by atoms with van der Waals surface area (Å²) in [5, 5.41) is 3.02. The van der Waals surface area contributed by atoms with Crippen LogP contribution in [0, 0.1) is 0 Å². The normalized spacial score (nSPS) is 17.1. The number of nitrogens with one attached hydrogen (secondary N) is 1. The minimum Gasteiger partial charge on any atom is -0.350 e. The summed E-state index contributed by atoms with van der Waals surface area (Å²) < 4.78 is 1.09. The third kappa shape index (κ3) is 3.46. The van der Waals surface area contributed by atoms with Gasteiger partial charge in [-0.3, -0.25) is 4.79 Å². The highest BCUT2D eigenvalue weighted by Crippen LogP contribution is 2.23. The quantitative estimate of drug-likeness (QED) is 0.849. The molecule has 0 saturated heterocycles. The number of halogens is 1.